The Labute approximate surface area is 199 Å². The quantitative estimate of drug-likeness (QED) is 0.424. The van der Waals surface area contributed by atoms with Gasteiger partial charge in [-0.25, -0.2) is 12.8 Å². The second kappa shape index (κ2) is 9.99. The van der Waals surface area contributed by atoms with Crippen molar-refractivity contribution in [3.8, 4) is 11.1 Å². The van der Waals surface area contributed by atoms with Crippen molar-refractivity contribution < 1.29 is 22.4 Å². The van der Waals surface area contributed by atoms with E-state index in [4.69, 9.17) is 0 Å². The number of halogens is 1. The molecular formula is C27H26FNO4S. The van der Waals surface area contributed by atoms with Crippen LogP contribution in [0.2, 0.25) is 0 Å². The van der Waals surface area contributed by atoms with Gasteiger partial charge in [0.2, 0.25) is 10.0 Å². The predicted molar refractivity (Wildman–Crippen MR) is 129 cm³/mol. The largest absolute Gasteiger partial charge is 0.298 e. The highest BCUT2D eigenvalue weighted by atomic mass is 32.2. The first-order valence-electron chi connectivity index (χ1n) is 11.3. The van der Waals surface area contributed by atoms with Gasteiger partial charge in [0, 0.05) is 18.5 Å². The third-order valence-electron chi connectivity index (χ3n) is 6.21. The Hall–Kier alpha value is -3.16. The van der Waals surface area contributed by atoms with Crippen LogP contribution in [0.1, 0.15) is 42.1 Å². The van der Waals surface area contributed by atoms with E-state index in [1.54, 1.807) is 12.1 Å². The highest BCUT2D eigenvalue weighted by Gasteiger charge is 2.38. The summed E-state index contributed by atoms with van der Waals surface area (Å²) in [6, 6.07) is 19.2. The first-order chi connectivity index (χ1) is 16.3. The molecular weight excluding hydrogens is 453 g/mol. The summed E-state index contributed by atoms with van der Waals surface area (Å²) in [5.74, 6) is -0.606. The van der Waals surface area contributed by atoms with Crippen LogP contribution in [-0.4, -0.2) is 36.9 Å². The van der Waals surface area contributed by atoms with Crippen LogP contribution in [0.3, 0.4) is 0 Å². The van der Waals surface area contributed by atoms with Crippen LogP contribution in [0.4, 0.5) is 4.39 Å². The van der Waals surface area contributed by atoms with Crippen LogP contribution in [-0.2, 0) is 21.2 Å². The highest BCUT2D eigenvalue weighted by molar-refractivity contribution is 7.89. The van der Waals surface area contributed by atoms with Gasteiger partial charge in [0.1, 0.15) is 5.82 Å². The smallest absolute Gasteiger partial charge is 0.243 e. The lowest BCUT2D eigenvalue weighted by atomic mass is 9.97. The second-order valence-electron chi connectivity index (χ2n) is 8.53. The van der Waals surface area contributed by atoms with Crippen molar-refractivity contribution in [2.75, 3.05) is 6.54 Å². The van der Waals surface area contributed by atoms with E-state index in [1.165, 1.54) is 23.4 Å². The Morgan fingerprint density at radius 2 is 1.68 bits per heavy atom. The van der Waals surface area contributed by atoms with Crippen molar-refractivity contribution in [3.05, 3.63) is 89.7 Å². The standard InChI is InChI=1S/C27H26FNO4S/c1-19(30)21-8-10-22(11-9-21)23-5-2-4-20(18-23)7-16-27(31)26-6-3-17-29(26)34(32,33)25-14-12-24(28)13-15-25/h2,4-5,8-15,18,26H,3,6-7,16-17H2,1H3/t26-/m0/s1. The summed E-state index contributed by atoms with van der Waals surface area (Å²) in [5.41, 5.74) is 3.60. The Bertz CT molecular complexity index is 1300. The minimum atomic E-state index is -3.86. The van der Waals surface area contributed by atoms with E-state index in [9.17, 15) is 22.4 Å². The molecule has 0 N–H and O–H groups in total. The van der Waals surface area contributed by atoms with Crippen molar-refractivity contribution >= 4 is 21.6 Å². The lowest BCUT2D eigenvalue weighted by molar-refractivity contribution is -0.122. The zero-order valence-corrected chi connectivity index (χ0v) is 19.7. The molecule has 1 atom stereocenters. The second-order valence-corrected chi connectivity index (χ2v) is 10.4. The summed E-state index contributed by atoms with van der Waals surface area (Å²) < 4.78 is 40.6. The molecule has 1 heterocycles. The number of benzene rings is 3. The number of hydrogen-bond donors (Lipinski definition) is 0. The number of carbonyl (C=O) groups excluding carboxylic acids is 2. The zero-order valence-electron chi connectivity index (χ0n) is 18.9. The van der Waals surface area contributed by atoms with E-state index in [-0.39, 0.29) is 29.4 Å². The minimum absolute atomic E-state index is 0.00269. The molecule has 1 aliphatic rings. The molecule has 0 bridgehead atoms. The van der Waals surface area contributed by atoms with Crippen LogP contribution >= 0.6 is 0 Å². The Morgan fingerprint density at radius 3 is 2.35 bits per heavy atom. The number of hydrogen-bond acceptors (Lipinski definition) is 4. The molecule has 1 saturated heterocycles. The lowest BCUT2D eigenvalue weighted by Gasteiger charge is -2.23. The molecule has 0 unspecified atom stereocenters. The fraction of sp³-hybridized carbons (Fsp3) is 0.259. The number of aryl methyl sites for hydroxylation is 1. The molecule has 7 heteroatoms. The molecule has 4 rings (SSSR count). The summed E-state index contributed by atoms with van der Waals surface area (Å²) in [7, 11) is -3.86. The maximum absolute atomic E-state index is 13.2. The van der Waals surface area contributed by atoms with Gasteiger partial charge in [-0.3, -0.25) is 9.59 Å². The van der Waals surface area contributed by atoms with E-state index in [1.807, 2.05) is 36.4 Å². The molecule has 0 saturated carbocycles. The van der Waals surface area contributed by atoms with Gasteiger partial charge in [0.05, 0.1) is 10.9 Å². The molecule has 0 amide bonds. The molecule has 0 aromatic heterocycles. The van der Waals surface area contributed by atoms with Crippen molar-refractivity contribution in [1.82, 2.24) is 4.31 Å². The monoisotopic (exact) mass is 479 g/mol. The number of sulfonamides is 1. The number of nitrogens with zero attached hydrogens (tertiary/aromatic N) is 1. The van der Waals surface area contributed by atoms with Gasteiger partial charge in [0.15, 0.2) is 11.6 Å². The average molecular weight is 480 g/mol. The summed E-state index contributed by atoms with van der Waals surface area (Å²) in [6.45, 7) is 1.81. The number of carbonyl (C=O) groups is 2. The first kappa shape index (κ1) is 24.0. The van der Waals surface area contributed by atoms with Crippen LogP contribution in [0.15, 0.2) is 77.7 Å². The van der Waals surface area contributed by atoms with E-state index in [0.29, 0.717) is 24.8 Å². The molecule has 1 fully saturated rings. The summed E-state index contributed by atoms with van der Waals surface area (Å²) >= 11 is 0. The van der Waals surface area contributed by atoms with E-state index in [2.05, 4.69) is 0 Å². The van der Waals surface area contributed by atoms with Crippen molar-refractivity contribution in [2.45, 2.75) is 43.5 Å². The summed E-state index contributed by atoms with van der Waals surface area (Å²) in [6.07, 6.45) is 1.83. The SMILES string of the molecule is CC(=O)c1ccc(-c2cccc(CCC(=O)[C@@H]3CCCN3S(=O)(=O)c3ccc(F)cc3)c2)cc1. The molecule has 0 radical (unpaired) electrons. The number of rotatable bonds is 8. The van der Waals surface area contributed by atoms with Crippen LogP contribution in [0.25, 0.3) is 11.1 Å². The van der Waals surface area contributed by atoms with Gasteiger partial charge < -0.3 is 0 Å². The normalized spacial score (nSPS) is 16.5. The molecule has 34 heavy (non-hydrogen) atoms. The van der Waals surface area contributed by atoms with Gasteiger partial charge >= 0.3 is 0 Å². The summed E-state index contributed by atoms with van der Waals surface area (Å²) in [5, 5.41) is 0. The molecule has 0 spiro atoms. The first-order valence-corrected chi connectivity index (χ1v) is 12.7. The third kappa shape index (κ3) is 5.16. The Morgan fingerprint density at radius 1 is 0.971 bits per heavy atom. The molecule has 5 nitrogen and oxygen atoms in total. The lowest BCUT2D eigenvalue weighted by Crippen LogP contribution is -2.40. The summed E-state index contributed by atoms with van der Waals surface area (Å²) in [4.78, 5) is 24.5. The van der Waals surface area contributed by atoms with E-state index >= 15 is 0 Å². The fourth-order valence-corrected chi connectivity index (χ4v) is 6.01. The van der Waals surface area contributed by atoms with Gasteiger partial charge in [-0.15, -0.1) is 0 Å². The Balaban J connectivity index is 1.44. The van der Waals surface area contributed by atoms with E-state index in [0.717, 1.165) is 28.8 Å². The Kier molecular flexibility index (Phi) is 7.05. The third-order valence-corrected chi connectivity index (χ3v) is 8.13. The van der Waals surface area contributed by atoms with E-state index < -0.39 is 21.9 Å². The molecule has 176 valence electrons. The van der Waals surface area contributed by atoms with Gasteiger partial charge in [-0.2, -0.15) is 4.31 Å². The van der Waals surface area contributed by atoms with Crippen molar-refractivity contribution in [2.24, 2.45) is 0 Å². The van der Waals surface area contributed by atoms with Gasteiger partial charge in [-0.1, -0.05) is 48.5 Å². The maximum atomic E-state index is 13.2. The van der Waals surface area contributed by atoms with Crippen molar-refractivity contribution in [3.63, 3.8) is 0 Å². The van der Waals surface area contributed by atoms with Crippen molar-refractivity contribution in [1.29, 1.82) is 0 Å². The predicted octanol–water partition coefficient (Wildman–Crippen LogP) is 5.05. The van der Waals surface area contributed by atoms with Crippen LogP contribution in [0, 0.1) is 5.82 Å². The maximum Gasteiger partial charge on any atom is 0.243 e. The average Bonchev–Trinajstić information content (AvgIpc) is 3.34. The zero-order chi connectivity index (χ0) is 24.3. The van der Waals surface area contributed by atoms with Gasteiger partial charge in [0.25, 0.3) is 0 Å². The minimum Gasteiger partial charge on any atom is -0.298 e. The van der Waals surface area contributed by atoms with Gasteiger partial charge in [-0.05, 0) is 67.1 Å². The molecule has 3 aromatic rings. The van der Waals surface area contributed by atoms with Crippen LogP contribution in [0.5, 0.6) is 0 Å². The molecule has 0 aliphatic carbocycles. The number of ketones is 2. The fourth-order valence-electron chi connectivity index (χ4n) is 4.33. The molecule has 1 aliphatic heterocycles. The topological polar surface area (TPSA) is 71.5 Å². The van der Waals surface area contributed by atoms with Crippen LogP contribution < -0.4 is 0 Å². The highest BCUT2D eigenvalue weighted by Crippen LogP contribution is 2.28. The molecule has 3 aromatic carbocycles. The number of Topliss-reactive ketones (excluding diaryl/α,β-unsaturated/α-hetero) is 2.